The van der Waals surface area contributed by atoms with Crippen molar-refractivity contribution in [3.05, 3.63) is 83.2 Å². The highest BCUT2D eigenvalue weighted by Crippen LogP contribution is 2.42. The SMILES string of the molecule is Cc1cc([C@@H]2[C@@H](c3ccccn3)NC(=S)N2Cc2ccncc2)c(C)n1C(C)C. The molecule has 4 heterocycles. The second kappa shape index (κ2) is 7.95. The Hall–Kier alpha value is -2.73. The van der Waals surface area contributed by atoms with E-state index in [2.05, 4.69) is 64.6 Å². The van der Waals surface area contributed by atoms with Gasteiger partial charge >= 0.3 is 0 Å². The maximum atomic E-state index is 5.79. The number of nitrogens with one attached hydrogen (secondary N) is 1. The van der Waals surface area contributed by atoms with Crippen molar-refractivity contribution >= 4 is 17.3 Å². The Labute approximate surface area is 177 Å². The second-order valence-electron chi connectivity index (χ2n) is 7.90. The van der Waals surface area contributed by atoms with E-state index < -0.39 is 0 Å². The number of hydrogen-bond donors (Lipinski definition) is 1. The van der Waals surface area contributed by atoms with Gasteiger partial charge in [-0.15, -0.1) is 0 Å². The first kappa shape index (κ1) is 19.6. The van der Waals surface area contributed by atoms with Crippen molar-refractivity contribution in [2.24, 2.45) is 0 Å². The molecule has 6 heteroatoms. The Morgan fingerprint density at radius 1 is 1.10 bits per heavy atom. The van der Waals surface area contributed by atoms with Gasteiger partial charge in [-0.3, -0.25) is 9.97 Å². The molecule has 1 saturated heterocycles. The van der Waals surface area contributed by atoms with Crippen molar-refractivity contribution in [3.63, 3.8) is 0 Å². The van der Waals surface area contributed by atoms with E-state index in [1.165, 1.54) is 22.5 Å². The molecule has 1 fully saturated rings. The van der Waals surface area contributed by atoms with Gasteiger partial charge in [0.1, 0.15) is 0 Å². The van der Waals surface area contributed by atoms with Crippen LogP contribution in [0.1, 0.15) is 60.2 Å². The third-order valence-corrected chi connectivity index (χ3v) is 6.01. The molecule has 4 rings (SSSR count). The van der Waals surface area contributed by atoms with Crippen LogP contribution in [0.15, 0.2) is 55.0 Å². The summed E-state index contributed by atoms with van der Waals surface area (Å²) in [5, 5.41) is 4.31. The highest BCUT2D eigenvalue weighted by atomic mass is 32.1. The fourth-order valence-electron chi connectivity index (χ4n) is 4.50. The van der Waals surface area contributed by atoms with Crippen molar-refractivity contribution in [1.29, 1.82) is 0 Å². The van der Waals surface area contributed by atoms with E-state index in [1.54, 1.807) is 0 Å². The molecule has 0 radical (unpaired) electrons. The van der Waals surface area contributed by atoms with Crippen molar-refractivity contribution in [2.75, 3.05) is 0 Å². The molecule has 0 saturated carbocycles. The molecule has 0 unspecified atom stereocenters. The maximum absolute atomic E-state index is 5.79. The van der Waals surface area contributed by atoms with Gasteiger partial charge in [0.2, 0.25) is 0 Å². The topological polar surface area (TPSA) is 46.0 Å². The van der Waals surface area contributed by atoms with Crippen LogP contribution in [-0.4, -0.2) is 24.5 Å². The lowest BCUT2D eigenvalue weighted by atomic mass is 9.96. The molecule has 3 aromatic heterocycles. The van der Waals surface area contributed by atoms with Crippen LogP contribution in [-0.2, 0) is 6.54 Å². The third kappa shape index (κ3) is 3.65. The Balaban J connectivity index is 1.81. The molecule has 0 amide bonds. The molecular formula is C23H27N5S. The predicted molar refractivity (Wildman–Crippen MR) is 120 cm³/mol. The van der Waals surface area contributed by atoms with Crippen LogP contribution in [0.3, 0.4) is 0 Å². The smallest absolute Gasteiger partial charge is 0.170 e. The molecule has 0 aliphatic carbocycles. The van der Waals surface area contributed by atoms with E-state index in [1.807, 2.05) is 42.9 Å². The number of nitrogens with zero attached hydrogens (tertiary/aromatic N) is 4. The Morgan fingerprint density at radius 3 is 2.48 bits per heavy atom. The largest absolute Gasteiger partial charge is 0.352 e. The molecule has 150 valence electrons. The average molecular weight is 406 g/mol. The van der Waals surface area contributed by atoms with Gasteiger partial charge in [-0.1, -0.05) is 6.07 Å². The maximum Gasteiger partial charge on any atom is 0.170 e. The lowest BCUT2D eigenvalue weighted by molar-refractivity contribution is 0.309. The van der Waals surface area contributed by atoms with Crippen LogP contribution in [0.25, 0.3) is 0 Å². The summed E-state index contributed by atoms with van der Waals surface area (Å²) in [4.78, 5) is 11.1. The lowest BCUT2D eigenvalue weighted by Gasteiger charge is -2.28. The zero-order valence-electron chi connectivity index (χ0n) is 17.3. The van der Waals surface area contributed by atoms with E-state index in [-0.39, 0.29) is 12.1 Å². The van der Waals surface area contributed by atoms with Crippen molar-refractivity contribution in [2.45, 2.75) is 52.4 Å². The van der Waals surface area contributed by atoms with Crippen molar-refractivity contribution < 1.29 is 0 Å². The van der Waals surface area contributed by atoms with Crippen LogP contribution in [0, 0.1) is 13.8 Å². The fourth-order valence-corrected chi connectivity index (χ4v) is 4.80. The third-order valence-electron chi connectivity index (χ3n) is 5.66. The number of rotatable bonds is 5. The van der Waals surface area contributed by atoms with Gasteiger partial charge in [0, 0.05) is 42.6 Å². The van der Waals surface area contributed by atoms with Gasteiger partial charge in [-0.2, -0.15) is 0 Å². The molecule has 3 aromatic rings. The summed E-state index contributed by atoms with van der Waals surface area (Å²) in [6, 6.07) is 13.0. The quantitative estimate of drug-likeness (QED) is 0.626. The molecule has 0 bridgehead atoms. The summed E-state index contributed by atoms with van der Waals surface area (Å²) >= 11 is 5.79. The fraction of sp³-hybridized carbons (Fsp3) is 0.348. The minimum Gasteiger partial charge on any atom is -0.352 e. The van der Waals surface area contributed by atoms with Crippen LogP contribution < -0.4 is 5.32 Å². The minimum absolute atomic E-state index is 0.00616. The van der Waals surface area contributed by atoms with Gasteiger partial charge in [0.25, 0.3) is 0 Å². The molecule has 2 atom stereocenters. The summed E-state index contributed by atoms with van der Waals surface area (Å²) in [7, 11) is 0. The number of aryl methyl sites for hydroxylation is 1. The van der Waals surface area contributed by atoms with Gasteiger partial charge < -0.3 is 14.8 Å². The van der Waals surface area contributed by atoms with E-state index >= 15 is 0 Å². The summed E-state index contributed by atoms with van der Waals surface area (Å²) < 4.78 is 2.40. The van der Waals surface area contributed by atoms with E-state index in [4.69, 9.17) is 12.2 Å². The first-order chi connectivity index (χ1) is 14.0. The Bertz CT molecular complexity index is 997. The second-order valence-corrected chi connectivity index (χ2v) is 8.29. The van der Waals surface area contributed by atoms with Gasteiger partial charge in [0.05, 0.1) is 17.8 Å². The van der Waals surface area contributed by atoms with Crippen LogP contribution in [0.5, 0.6) is 0 Å². The summed E-state index contributed by atoms with van der Waals surface area (Å²) in [6.45, 7) is 9.58. The lowest BCUT2D eigenvalue weighted by Crippen LogP contribution is -2.29. The first-order valence-corrected chi connectivity index (χ1v) is 10.4. The van der Waals surface area contributed by atoms with Crippen LogP contribution in [0.4, 0.5) is 0 Å². The van der Waals surface area contributed by atoms with Crippen LogP contribution >= 0.6 is 12.2 Å². The van der Waals surface area contributed by atoms with Gasteiger partial charge in [0.15, 0.2) is 5.11 Å². The summed E-state index contributed by atoms with van der Waals surface area (Å²) in [5.41, 5.74) is 6.05. The zero-order valence-corrected chi connectivity index (χ0v) is 18.1. The molecule has 0 aromatic carbocycles. The van der Waals surface area contributed by atoms with E-state index in [9.17, 15) is 0 Å². The molecule has 1 aliphatic rings. The predicted octanol–water partition coefficient (Wildman–Crippen LogP) is 4.65. The highest BCUT2D eigenvalue weighted by Gasteiger charge is 2.41. The van der Waals surface area contributed by atoms with Gasteiger partial charge in [-0.05, 0) is 81.4 Å². The molecule has 0 spiro atoms. The zero-order chi connectivity index (χ0) is 20.5. The van der Waals surface area contributed by atoms with Crippen molar-refractivity contribution in [3.8, 4) is 0 Å². The normalized spacial score (nSPS) is 19.1. The summed E-state index contributed by atoms with van der Waals surface area (Å²) in [6.07, 6.45) is 5.51. The highest BCUT2D eigenvalue weighted by molar-refractivity contribution is 7.80. The number of thiocarbonyl (C=S) groups is 1. The van der Waals surface area contributed by atoms with Crippen molar-refractivity contribution in [1.82, 2.24) is 24.8 Å². The average Bonchev–Trinajstić information content (AvgIpc) is 3.19. The summed E-state index contributed by atoms with van der Waals surface area (Å²) in [5.74, 6) is 0. The van der Waals surface area contributed by atoms with E-state index in [0.717, 1.165) is 17.4 Å². The van der Waals surface area contributed by atoms with Gasteiger partial charge in [-0.25, -0.2) is 0 Å². The van der Waals surface area contributed by atoms with Crippen LogP contribution in [0.2, 0.25) is 0 Å². The number of hydrogen-bond acceptors (Lipinski definition) is 3. The number of pyridine rings is 2. The molecule has 1 N–H and O–H groups in total. The monoisotopic (exact) mass is 405 g/mol. The van der Waals surface area contributed by atoms with E-state index in [0.29, 0.717) is 6.04 Å². The minimum atomic E-state index is 0.00616. The first-order valence-electron chi connectivity index (χ1n) is 10.0. The number of aromatic nitrogens is 3. The molecule has 1 aliphatic heterocycles. The Morgan fingerprint density at radius 2 is 1.86 bits per heavy atom. The molecular weight excluding hydrogens is 378 g/mol. The molecule has 29 heavy (non-hydrogen) atoms. The standard InChI is InChI=1S/C23H27N5S/c1-15(2)28-16(3)13-19(17(28)4)22-21(20-7-5-6-10-25-20)26-23(29)27(22)14-18-8-11-24-12-9-18/h5-13,15,21-22H,14H2,1-4H3,(H,26,29)/t21-,22-/m1/s1. The Kier molecular flexibility index (Phi) is 5.37. The molecule has 5 nitrogen and oxygen atoms in total.